The van der Waals surface area contributed by atoms with Crippen LogP contribution in [-0.4, -0.2) is 20.4 Å². The molecule has 0 heterocycles. The molecule has 0 bridgehead atoms. The van der Waals surface area contributed by atoms with E-state index in [-0.39, 0.29) is 6.04 Å². The van der Waals surface area contributed by atoms with Crippen molar-refractivity contribution in [1.29, 1.82) is 0 Å². The molecule has 0 radical (unpaired) electrons. The van der Waals surface area contributed by atoms with Gasteiger partial charge < -0.3 is 5.32 Å². The Hall–Kier alpha value is -1.21. The fourth-order valence-corrected chi connectivity index (χ4v) is 2.31. The standard InChI is InChI=1S/C10H8ClF2NO3S/c11-18(16,17)8-4-5(12)3-7(9(8)13)10(15)14-6-1-2-6/h3-4,6H,1-2H2,(H,14,15). The van der Waals surface area contributed by atoms with Crippen molar-refractivity contribution in [3.8, 4) is 0 Å². The first-order chi connectivity index (χ1) is 8.29. The van der Waals surface area contributed by atoms with Gasteiger partial charge in [0, 0.05) is 16.7 Å². The topological polar surface area (TPSA) is 63.2 Å². The lowest BCUT2D eigenvalue weighted by atomic mass is 10.2. The molecule has 2 rings (SSSR count). The number of nitrogens with one attached hydrogen (secondary N) is 1. The molecule has 1 aliphatic rings. The Kier molecular flexibility index (Phi) is 3.29. The fraction of sp³-hybridized carbons (Fsp3) is 0.300. The first-order valence-corrected chi connectivity index (χ1v) is 7.34. The van der Waals surface area contributed by atoms with Crippen LogP contribution in [0.3, 0.4) is 0 Å². The average Bonchev–Trinajstić information content (AvgIpc) is 3.03. The molecule has 1 saturated carbocycles. The Morgan fingerprint density at radius 3 is 2.44 bits per heavy atom. The Bertz CT molecular complexity index is 614. The second-order valence-electron chi connectivity index (χ2n) is 3.95. The highest BCUT2D eigenvalue weighted by molar-refractivity contribution is 8.13. The molecule has 0 atom stereocenters. The molecule has 1 aliphatic carbocycles. The van der Waals surface area contributed by atoms with Gasteiger partial charge in [-0.25, -0.2) is 17.2 Å². The third-order valence-electron chi connectivity index (χ3n) is 2.42. The summed E-state index contributed by atoms with van der Waals surface area (Å²) < 4.78 is 49.0. The van der Waals surface area contributed by atoms with E-state index in [1.54, 1.807) is 0 Å². The largest absolute Gasteiger partial charge is 0.349 e. The van der Waals surface area contributed by atoms with Crippen molar-refractivity contribution >= 4 is 25.6 Å². The van der Waals surface area contributed by atoms with E-state index in [2.05, 4.69) is 5.32 Å². The molecule has 0 aromatic heterocycles. The highest BCUT2D eigenvalue weighted by atomic mass is 35.7. The second-order valence-corrected chi connectivity index (χ2v) is 6.49. The summed E-state index contributed by atoms with van der Waals surface area (Å²) in [5, 5.41) is 2.43. The zero-order chi connectivity index (χ0) is 13.5. The Labute approximate surface area is 106 Å². The number of benzene rings is 1. The predicted octanol–water partition coefficient (Wildman–Crippen LogP) is 1.78. The maximum Gasteiger partial charge on any atom is 0.264 e. The molecule has 1 amide bonds. The third-order valence-corrected chi connectivity index (χ3v) is 3.75. The molecular formula is C10H8ClF2NO3S. The quantitative estimate of drug-likeness (QED) is 0.865. The third kappa shape index (κ3) is 2.78. The maximum atomic E-state index is 13.8. The number of rotatable bonds is 3. The molecule has 0 spiro atoms. The average molecular weight is 296 g/mol. The summed E-state index contributed by atoms with van der Waals surface area (Å²) in [6.45, 7) is 0. The van der Waals surface area contributed by atoms with Gasteiger partial charge in [0.15, 0.2) is 5.82 Å². The predicted molar refractivity (Wildman–Crippen MR) is 59.9 cm³/mol. The van der Waals surface area contributed by atoms with Gasteiger partial charge in [0.1, 0.15) is 10.7 Å². The number of carbonyl (C=O) groups excluding carboxylic acids is 1. The number of carbonyl (C=O) groups is 1. The molecule has 0 aliphatic heterocycles. The van der Waals surface area contributed by atoms with E-state index < -0.39 is 37.1 Å². The van der Waals surface area contributed by atoms with Crippen molar-refractivity contribution in [3.05, 3.63) is 29.3 Å². The van der Waals surface area contributed by atoms with Gasteiger partial charge in [0.05, 0.1) is 5.56 Å². The van der Waals surface area contributed by atoms with Crippen LogP contribution < -0.4 is 5.32 Å². The first-order valence-electron chi connectivity index (χ1n) is 5.03. The second kappa shape index (κ2) is 4.47. The number of hydrogen-bond acceptors (Lipinski definition) is 3. The van der Waals surface area contributed by atoms with Crippen molar-refractivity contribution in [1.82, 2.24) is 5.32 Å². The highest BCUT2D eigenvalue weighted by Gasteiger charge is 2.28. The summed E-state index contributed by atoms with van der Waals surface area (Å²) in [5.74, 6) is -3.24. The van der Waals surface area contributed by atoms with Gasteiger partial charge in [-0.1, -0.05) is 0 Å². The van der Waals surface area contributed by atoms with Crippen LogP contribution in [-0.2, 0) is 9.05 Å². The van der Waals surface area contributed by atoms with Crippen LogP contribution in [0.25, 0.3) is 0 Å². The fourth-order valence-electron chi connectivity index (χ4n) is 1.40. The van der Waals surface area contributed by atoms with Crippen molar-refractivity contribution in [3.63, 3.8) is 0 Å². The Morgan fingerprint density at radius 1 is 1.33 bits per heavy atom. The number of halogens is 3. The summed E-state index contributed by atoms with van der Waals surface area (Å²) >= 11 is 0. The van der Waals surface area contributed by atoms with E-state index in [0.717, 1.165) is 12.8 Å². The van der Waals surface area contributed by atoms with Crippen LogP contribution in [0.15, 0.2) is 17.0 Å². The molecule has 1 fully saturated rings. The first kappa shape index (κ1) is 13.2. The minimum absolute atomic E-state index is 0.0590. The zero-order valence-electron chi connectivity index (χ0n) is 8.91. The van der Waals surface area contributed by atoms with E-state index in [1.165, 1.54) is 0 Å². The van der Waals surface area contributed by atoms with Crippen LogP contribution in [0.2, 0.25) is 0 Å². The van der Waals surface area contributed by atoms with Gasteiger partial charge in [0.25, 0.3) is 15.0 Å². The smallest absolute Gasteiger partial charge is 0.264 e. The minimum atomic E-state index is -4.45. The molecule has 0 saturated heterocycles. The van der Waals surface area contributed by atoms with Gasteiger partial charge in [-0.05, 0) is 25.0 Å². The van der Waals surface area contributed by atoms with Gasteiger partial charge in [-0.2, -0.15) is 0 Å². The Balaban J connectivity index is 2.47. The van der Waals surface area contributed by atoms with Crippen LogP contribution in [0.1, 0.15) is 23.2 Å². The number of hydrogen-bond donors (Lipinski definition) is 1. The van der Waals surface area contributed by atoms with Gasteiger partial charge in [0.2, 0.25) is 0 Å². The lowest BCUT2D eigenvalue weighted by Gasteiger charge is -2.07. The van der Waals surface area contributed by atoms with Crippen LogP contribution >= 0.6 is 10.7 Å². The zero-order valence-corrected chi connectivity index (χ0v) is 10.5. The SMILES string of the molecule is O=C(NC1CC1)c1cc(F)cc(S(=O)(=O)Cl)c1F. The van der Waals surface area contributed by atoms with Crippen molar-refractivity contribution in [2.45, 2.75) is 23.8 Å². The maximum absolute atomic E-state index is 13.8. The monoisotopic (exact) mass is 295 g/mol. The van der Waals surface area contributed by atoms with Gasteiger partial charge in [-0.3, -0.25) is 4.79 Å². The van der Waals surface area contributed by atoms with E-state index in [0.29, 0.717) is 12.1 Å². The normalized spacial score (nSPS) is 15.5. The molecule has 1 aromatic carbocycles. The summed E-state index contributed by atoms with van der Waals surface area (Å²) in [4.78, 5) is 10.6. The van der Waals surface area contributed by atoms with Gasteiger partial charge in [-0.15, -0.1) is 0 Å². The summed E-state index contributed by atoms with van der Waals surface area (Å²) in [6.07, 6.45) is 1.53. The van der Waals surface area contributed by atoms with Crippen LogP contribution in [0.5, 0.6) is 0 Å². The molecule has 1 aromatic rings. The van der Waals surface area contributed by atoms with E-state index in [1.807, 2.05) is 0 Å². The molecule has 98 valence electrons. The van der Waals surface area contributed by atoms with Crippen molar-refractivity contribution in [2.75, 3.05) is 0 Å². The van der Waals surface area contributed by atoms with E-state index in [9.17, 15) is 22.0 Å². The summed E-state index contributed by atoms with van der Waals surface area (Å²) in [5.41, 5.74) is -0.666. The lowest BCUT2D eigenvalue weighted by Crippen LogP contribution is -2.27. The van der Waals surface area contributed by atoms with E-state index >= 15 is 0 Å². The van der Waals surface area contributed by atoms with Crippen molar-refractivity contribution < 1.29 is 22.0 Å². The minimum Gasteiger partial charge on any atom is -0.349 e. The molecule has 4 nitrogen and oxygen atoms in total. The molecular weight excluding hydrogens is 288 g/mol. The number of amides is 1. The van der Waals surface area contributed by atoms with Crippen LogP contribution in [0.4, 0.5) is 8.78 Å². The molecule has 8 heteroatoms. The summed E-state index contributed by atoms with van der Waals surface area (Å²) in [6, 6.07) is 1.01. The van der Waals surface area contributed by atoms with Crippen molar-refractivity contribution in [2.24, 2.45) is 0 Å². The van der Waals surface area contributed by atoms with Crippen LogP contribution in [0, 0.1) is 11.6 Å². The molecule has 18 heavy (non-hydrogen) atoms. The van der Waals surface area contributed by atoms with E-state index in [4.69, 9.17) is 10.7 Å². The van der Waals surface area contributed by atoms with Gasteiger partial charge >= 0.3 is 0 Å². The highest BCUT2D eigenvalue weighted by Crippen LogP contribution is 2.25. The molecule has 0 unspecified atom stereocenters. The lowest BCUT2D eigenvalue weighted by molar-refractivity contribution is 0.0946. The molecule has 1 N–H and O–H groups in total. The Morgan fingerprint density at radius 2 is 1.94 bits per heavy atom. The summed E-state index contributed by atoms with van der Waals surface area (Å²) in [7, 11) is 0.517.